The van der Waals surface area contributed by atoms with E-state index in [1.54, 1.807) is 0 Å². The molecular formula is C17H29NS. The van der Waals surface area contributed by atoms with Crippen LogP contribution in [-0.2, 0) is 6.42 Å². The van der Waals surface area contributed by atoms with Crippen LogP contribution in [0.2, 0.25) is 0 Å². The van der Waals surface area contributed by atoms with Crippen molar-refractivity contribution < 1.29 is 0 Å². The Hall–Kier alpha value is -0.470. The average molecular weight is 279 g/mol. The van der Waals surface area contributed by atoms with Crippen LogP contribution in [0.15, 0.2) is 30.3 Å². The summed E-state index contributed by atoms with van der Waals surface area (Å²) in [5.74, 6) is 3.24. The molecule has 19 heavy (non-hydrogen) atoms. The third kappa shape index (κ3) is 8.33. The van der Waals surface area contributed by atoms with Crippen molar-refractivity contribution in [1.82, 2.24) is 5.32 Å². The summed E-state index contributed by atoms with van der Waals surface area (Å²) in [6, 6.07) is 10.9. The minimum atomic E-state index is 0.215. The van der Waals surface area contributed by atoms with Crippen LogP contribution in [0.4, 0.5) is 0 Å². The van der Waals surface area contributed by atoms with Crippen LogP contribution < -0.4 is 5.32 Å². The summed E-state index contributed by atoms with van der Waals surface area (Å²) >= 11 is 2.05. The zero-order valence-electron chi connectivity index (χ0n) is 12.9. The number of hydrogen-bond acceptors (Lipinski definition) is 2. The largest absolute Gasteiger partial charge is 0.312 e. The summed E-state index contributed by atoms with van der Waals surface area (Å²) in [5.41, 5.74) is 1.68. The highest BCUT2D eigenvalue weighted by Crippen LogP contribution is 2.16. The SMILES string of the molecule is CCSCCC(CNC(C)(C)C)Cc1ccccc1. The maximum atomic E-state index is 3.66. The van der Waals surface area contributed by atoms with Crippen molar-refractivity contribution in [2.45, 2.75) is 46.1 Å². The fourth-order valence-electron chi connectivity index (χ4n) is 2.07. The zero-order chi connectivity index (χ0) is 14.1. The maximum absolute atomic E-state index is 3.66. The van der Waals surface area contributed by atoms with Gasteiger partial charge >= 0.3 is 0 Å². The van der Waals surface area contributed by atoms with E-state index in [1.165, 1.54) is 29.9 Å². The first-order valence-electron chi connectivity index (χ1n) is 7.38. The van der Waals surface area contributed by atoms with Gasteiger partial charge in [0.15, 0.2) is 0 Å². The quantitative estimate of drug-likeness (QED) is 0.709. The number of benzene rings is 1. The molecule has 0 saturated heterocycles. The summed E-state index contributed by atoms with van der Waals surface area (Å²) < 4.78 is 0. The van der Waals surface area contributed by atoms with Crippen LogP contribution in [0, 0.1) is 5.92 Å². The summed E-state index contributed by atoms with van der Waals surface area (Å²) in [7, 11) is 0. The average Bonchev–Trinajstić information content (AvgIpc) is 2.36. The molecule has 0 bridgehead atoms. The van der Waals surface area contributed by atoms with E-state index in [4.69, 9.17) is 0 Å². The highest BCUT2D eigenvalue weighted by Gasteiger charge is 2.14. The second kappa shape index (κ2) is 8.65. The van der Waals surface area contributed by atoms with Crippen molar-refractivity contribution in [2.24, 2.45) is 5.92 Å². The van der Waals surface area contributed by atoms with E-state index in [0.29, 0.717) is 0 Å². The predicted molar refractivity (Wildman–Crippen MR) is 89.0 cm³/mol. The molecule has 1 rings (SSSR count). The van der Waals surface area contributed by atoms with E-state index in [-0.39, 0.29) is 5.54 Å². The molecule has 0 fully saturated rings. The Balaban J connectivity index is 2.48. The van der Waals surface area contributed by atoms with Gasteiger partial charge in [0.25, 0.3) is 0 Å². The van der Waals surface area contributed by atoms with Gasteiger partial charge in [-0.15, -0.1) is 0 Å². The maximum Gasteiger partial charge on any atom is 0.00966 e. The molecule has 1 N–H and O–H groups in total. The van der Waals surface area contributed by atoms with Gasteiger partial charge in [-0.2, -0.15) is 11.8 Å². The first-order chi connectivity index (χ1) is 9.01. The molecule has 0 heterocycles. The molecule has 0 aromatic heterocycles. The van der Waals surface area contributed by atoms with E-state index in [0.717, 1.165) is 12.5 Å². The lowest BCUT2D eigenvalue weighted by atomic mass is 9.95. The van der Waals surface area contributed by atoms with Crippen LogP contribution >= 0.6 is 11.8 Å². The Morgan fingerprint density at radius 2 is 1.84 bits per heavy atom. The fraction of sp³-hybridized carbons (Fsp3) is 0.647. The van der Waals surface area contributed by atoms with Crippen molar-refractivity contribution in [3.8, 4) is 0 Å². The molecule has 1 nitrogen and oxygen atoms in total. The fourth-order valence-corrected chi connectivity index (χ4v) is 2.86. The molecular weight excluding hydrogens is 250 g/mol. The Labute approximate surface area is 123 Å². The van der Waals surface area contributed by atoms with Crippen LogP contribution in [0.1, 0.15) is 39.7 Å². The van der Waals surface area contributed by atoms with Crippen LogP contribution in [0.25, 0.3) is 0 Å². The van der Waals surface area contributed by atoms with Gasteiger partial charge in [-0.3, -0.25) is 0 Å². The lowest BCUT2D eigenvalue weighted by Crippen LogP contribution is -2.39. The van der Waals surface area contributed by atoms with E-state index in [9.17, 15) is 0 Å². The molecule has 0 saturated carbocycles. The highest BCUT2D eigenvalue weighted by molar-refractivity contribution is 7.99. The first kappa shape index (κ1) is 16.6. The van der Waals surface area contributed by atoms with Gasteiger partial charge < -0.3 is 5.32 Å². The number of rotatable bonds is 8. The molecule has 108 valence electrons. The van der Waals surface area contributed by atoms with Gasteiger partial charge in [0, 0.05) is 5.54 Å². The minimum absolute atomic E-state index is 0.215. The van der Waals surface area contributed by atoms with E-state index < -0.39 is 0 Å². The molecule has 1 aromatic carbocycles. The van der Waals surface area contributed by atoms with Gasteiger partial charge in [0.1, 0.15) is 0 Å². The van der Waals surface area contributed by atoms with Gasteiger partial charge in [-0.1, -0.05) is 37.3 Å². The lowest BCUT2D eigenvalue weighted by Gasteiger charge is -2.25. The molecule has 0 radical (unpaired) electrons. The van der Waals surface area contributed by atoms with Crippen molar-refractivity contribution >= 4 is 11.8 Å². The number of nitrogens with one attached hydrogen (secondary N) is 1. The number of hydrogen-bond donors (Lipinski definition) is 1. The van der Waals surface area contributed by atoms with Crippen molar-refractivity contribution in [2.75, 3.05) is 18.1 Å². The van der Waals surface area contributed by atoms with Gasteiger partial charge in [0.2, 0.25) is 0 Å². The Morgan fingerprint density at radius 3 is 2.42 bits per heavy atom. The minimum Gasteiger partial charge on any atom is -0.312 e. The van der Waals surface area contributed by atoms with Crippen LogP contribution in [-0.4, -0.2) is 23.6 Å². The monoisotopic (exact) mass is 279 g/mol. The number of thioether (sulfide) groups is 1. The van der Waals surface area contributed by atoms with Crippen molar-refractivity contribution in [3.05, 3.63) is 35.9 Å². The summed E-state index contributed by atoms with van der Waals surface area (Å²) in [6.07, 6.45) is 2.49. The molecule has 0 aliphatic heterocycles. The summed E-state index contributed by atoms with van der Waals surface area (Å²) in [6.45, 7) is 10.1. The molecule has 1 aromatic rings. The van der Waals surface area contributed by atoms with E-state index in [1.807, 2.05) is 0 Å². The Kier molecular flexibility index (Phi) is 7.55. The normalized spacial score (nSPS) is 13.5. The van der Waals surface area contributed by atoms with Crippen LogP contribution in [0.3, 0.4) is 0 Å². The van der Waals surface area contributed by atoms with E-state index >= 15 is 0 Å². The zero-order valence-corrected chi connectivity index (χ0v) is 13.7. The smallest absolute Gasteiger partial charge is 0.00966 e. The second-order valence-electron chi connectivity index (χ2n) is 6.17. The standard InChI is InChI=1S/C17H29NS/c1-5-19-12-11-16(14-18-17(2,3)4)13-15-9-7-6-8-10-15/h6-10,16,18H,5,11-14H2,1-4H3. The molecule has 1 atom stereocenters. The highest BCUT2D eigenvalue weighted by atomic mass is 32.2. The van der Waals surface area contributed by atoms with Crippen LogP contribution in [0.5, 0.6) is 0 Å². The van der Waals surface area contributed by atoms with Gasteiger partial charge in [0.05, 0.1) is 0 Å². The third-order valence-electron chi connectivity index (χ3n) is 3.16. The molecule has 1 unspecified atom stereocenters. The predicted octanol–water partition coefficient (Wildman–Crippen LogP) is 4.38. The molecule has 2 heteroatoms. The van der Waals surface area contributed by atoms with Crippen molar-refractivity contribution in [3.63, 3.8) is 0 Å². The third-order valence-corrected chi connectivity index (χ3v) is 4.10. The van der Waals surface area contributed by atoms with Gasteiger partial charge in [-0.25, -0.2) is 0 Å². The van der Waals surface area contributed by atoms with E-state index in [2.05, 4.69) is 75.1 Å². The summed E-state index contributed by atoms with van der Waals surface area (Å²) in [4.78, 5) is 0. The topological polar surface area (TPSA) is 12.0 Å². The molecule has 0 amide bonds. The molecule has 0 aliphatic rings. The van der Waals surface area contributed by atoms with Gasteiger partial charge in [-0.05, 0) is 63.1 Å². The molecule has 0 spiro atoms. The Morgan fingerprint density at radius 1 is 1.16 bits per heavy atom. The van der Waals surface area contributed by atoms with Crippen molar-refractivity contribution in [1.29, 1.82) is 0 Å². The molecule has 0 aliphatic carbocycles. The lowest BCUT2D eigenvalue weighted by molar-refractivity contribution is 0.364. The second-order valence-corrected chi connectivity index (χ2v) is 7.57. The summed E-state index contributed by atoms with van der Waals surface area (Å²) in [5, 5.41) is 3.66. The Bertz CT molecular complexity index is 329. The first-order valence-corrected chi connectivity index (χ1v) is 8.53.